The highest BCUT2D eigenvalue weighted by Gasteiger charge is 2.20. The van der Waals surface area contributed by atoms with Crippen LogP contribution in [-0.4, -0.2) is 60.9 Å². The maximum atomic E-state index is 12.6. The minimum absolute atomic E-state index is 0.0885. The predicted molar refractivity (Wildman–Crippen MR) is 91.4 cm³/mol. The number of nitrogens with zero attached hydrogens (tertiary/aromatic N) is 3. The molecule has 0 spiro atoms. The molecule has 1 N–H and O–H groups in total. The molecule has 1 aliphatic rings. The van der Waals surface area contributed by atoms with Crippen molar-refractivity contribution in [3.8, 4) is 6.07 Å². The zero-order valence-corrected chi connectivity index (χ0v) is 14.1. The summed E-state index contributed by atoms with van der Waals surface area (Å²) in [6.07, 6.45) is 1.19. The van der Waals surface area contributed by atoms with Crippen LogP contribution in [0.4, 0.5) is 0 Å². The van der Waals surface area contributed by atoms with Gasteiger partial charge in [0.2, 0.25) is 5.91 Å². The fourth-order valence-electron chi connectivity index (χ4n) is 2.76. The number of hydrogen-bond donors (Lipinski definition) is 1. The molecule has 6 heteroatoms. The number of carbonyl (C=O) groups excluding carboxylic acids is 2. The molecule has 0 aliphatic carbocycles. The molecule has 24 heavy (non-hydrogen) atoms. The van der Waals surface area contributed by atoms with E-state index in [2.05, 4.69) is 5.32 Å². The first-order chi connectivity index (χ1) is 11.7. The Hall–Kier alpha value is -2.39. The number of benzene rings is 1. The lowest BCUT2D eigenvalue weighted by Crippen LogP contribution is -2.47. The highest BCUT2D eigenvalue weighted by Crippen LogP contribution is 2.09. The van der Waals surface area contributed by atoms with Gasteiger partial charge in [0, 0.05) is 51.3 Å². The number of piperazine rings is 1. The molecule has 1 aromatic rings. The molecule has 0 saturated carbocycles. The summed E-state index contributed by atoms with van der Waals surface area (Å²) in [7, 11) is 0. The lowest BCUT2D eigenvalue weighted by molar-refractivity contribution is -0.131. The number of carbonyl (C=O) groups is 2. The van der Waals surface area contributed by atoms with Crippen molar-refractivity contribution in [2.24, 2.45) is 0 Å². The Morgan fingerprint density at radius 2 is 1.88 bits per heavy atom. The molecule has 0 unspecified atom stereocenters. The third kappa shape index (κ3) is 4.80. The largest absolute Gasteiger partial charge is 0.340 e. The van der Waals surface area contributed by atoms with Crippen molar-refractivity contribution in [3.05, 3.63) is 35.4 Å². The molecule has 128 valence electrons. The second kappa shape index (κ2) is 9.04. The van der Waals surface area contributed by atoms with Gasteiger partial charge in [0.05, 0.1) is 11.6 Å². The lowest BCUT2D eigenvalue weighted by atomic mass is 10.1. The van der Waals surface area contributed by atoms with Crippen molar-refractivity contribution >= 4 is 11.8 Å². The zero-order valence-electron chi connectivity index (χ0n) is 14.1. The molecule has 1 fully saturated rings. The molecular weight excluding hydrogens is 304 g/mol. The molecule has 0 bridgehead atoms. The SMILES string of the molecule is CCCN(CCC(=O)N1CCNCC1)C(=O)c1ccc(C#N)cc1. The molecule has 2 rings (SSSR count). The summed E-state index contributed by atoms with van der Waals surface area (Å²) < 4.78 is 0. The van der Waals surface area contributed by atoms with E-state index in [-0.39, 0.29) is 11.8 Å². The Morgan fingerprint density at radius 3 is 2.46 bits per heavy atom. The van der Waals surface area contributed by atoms with Crippen molar-refractivity contribution in [3.63, 3.8) is 0 Å². The number of nitrogens with one attached hydrogen (secondary N) is 1. The van der Waals surface area contributed by atoms with E-state index in [0.29, 0.717) is 30.6 Å². The van der Waals surface area contributed by atoms with Crippen LogP contribution in [0.25, 0.3) is 0 Å². The molecule has 1 saturated heterocycles. The molecule has 1 aliphatic heterocycles. The van der Waals surface area contributed by atoms with Crippen LogP contribution in [0, 0.1) is 11.3 Å². The molecule has 0 aromatic heterocycles. The van der Waals surface area contributed by atoms with Crippen LogP contribution in [0.5, 0.6) is 0 Å². The Balaban J connectivity index is 1.95. The highest BCUT2D eigenvalue weighted by atomic mass is 16.2. The van der Waals surface area contributed by atoms with E-state index in [9.17, 15) is 9.59 Å². The highest BCUT2D eigenvalue weighted by molar-refractivity contribution is 5.94. The van der Waals surface area contributed by atoms with E-state index in [1.807, 2.05) is 17.9 Å². The van der Waals surface area contributed by atoms with E-state index in [1.165, 1.54) is 0 Å². The van der Waals surface area contributed by atoms with Crippen molar-refractivity contribution in [1.82, 2.24) is 15.1 Å². The first-order valence-electron chi connectivity index (χ1n) is 8.43. The van der Waals surface area contributed by atoms with Gasteiger partial charge in [0.1, 0.15) is 0 Å². The molecule has 0 atom stereocenters. The number of rotatable bonds is 6. The first-order valence-corrected chi connectivity index (χ1v) is 8.43. The Morgan fingerprint density at radius 1 is 1.21 bits per heavy atom. The quantitative estimate of drug-likeness (QED) is 0.852. The van der Waals surface area contributed by atoms with E-state index in [0.717, 1.165) is 32.6 Å². The van der Waals surface area contributed by atoms with Crippen molar-refractivity contribution in [2.75, 3.05) is 39.3 Å². The second-order valence-electron chi connectivity index (χ2n) is 5.86. The fraction of sp³-hybridized carbons (Fsp3) is 0.500. The first kappa shape index (κ1) is 18.0. The topological polar surface area (TPSA) is 76.4 Å². The summed E-state index contributed by atoms with van der Waals surface area (Å²) in [6.45, 7) is 6.18. The van der Waals surface area contributed by atoms with Crippen LogP contribution in [-0.2, 0) is 4.79 Å². The van der Waals surface area contributed by atoms with E-state index in [1.54, 1.807) is 29.2 Å². The summed E-state index contributed by atoms with van der Waals surface area (Å²) in [6, 6.07) is 8.66. The van der Waals surface area contributed by atoms with Crippen LogP contribution in [0.1, 0.15) is 35.7 Å². The maximum absolute atomic E-state index is 12.6. The zero-order chi connectivity index (χ0) is 17.4. The normalized spacial score (nSPS) is 14.1. The third-order valence-electron chi connectivity index (χ3n) is 4.11. The van der Waals surface area contributed by atoms with Crippen molar-refractivity contribution in [2.45, 2.75) is 19.8 Å². The maximum Gasteiger partial charge on any atom is 0.253 e. The molecule has 1 aromatic carbocycles. The average Bonchev–Trinajstić information content (AvgIpc) is 2.65. The number of nitriles is 1. The van der Waals surface area contributed by atoms with Crippen LogP contribution in [0.15, 0.2) is 24.3 Å². The summed E-state index contributed by atoms with van der Waals surface area (Å²) >= 11 is 0. The molecule has 2 amide bonds. The van der Waals surface area contributed by atoms with E-state index in [4.69, 9.17) is 5.26 Å². The van der Waals surface area contributed by atoms with Crippen molar-refractivity contribution in [1.29, 1.82) is 5.26 Å². The second-order valence-corrected chi connectivity index (χ2v) is 5.86. The van der Waals surface area contributed by atoms with Gasteiger partial charge in [-0.2, -0.15) is 5.26 Å². The van der Waals surface area contributed by atoms with Gasteiger partial charge in [-0.15, -0.1) is 0 Å². The molecular formula is C18H24N4O2. The Labute approximate surface area is 143 Å². The van der Waals surface area contributed by atoms with Gasteiger partial charge in [-0.1, -0.05) is 6.92 Å². The monoisotopic (exact) mass is 328 g/mol. The van der Waals surface area contributed by atoms with E-state index >= 15 is 0 Å². The summed E-state index contributed by atoms with van der Waals surface area (Å²) in [5.41, 5.74) is 1.08. The van der Waals surface area contributed by atoms with Gasteiger partial charge >= 0.3 is 0 Å². The lowest BCUT2D eigenvalue weighted by Gasteiger charge is -2.29. The minimum Gasteiger partial charge on any atom is -0.340 e. The predicted octanol–water partition coefficient (Wildman–Crippen LogP) is 1.23. The van der Waals surface area contributed by atoms with E-state index < -0.39 is 0 Å². The Kier molecular flexibility index (Phi) is 6.76. The van der Waals surface area contributed by atoms with Gasteiger partial charge in [-0.25, -0.2) is 0 Å². The van der Waals surface area contributed by atoms with Crippen LogP contribution in [0.2, 0.25) is 0 Å². The van der Waals surface area contributed by atoms with Gasteiger partial charge in [0.25, 0.3) is 5.91 Å². The van der Waals surface area contributed by atoms with Crippen LogP contribution in [0.3, 0.4) is 0 Å². The van der Waals surface area contributed by atoms with Gasteiger partial charge in [-0.3, -0.25) is 9.59 Å². The standard InChI is InChI=1S/C18H24N4O2/c1-2-10-22(11-7-17(23)21-12-8-20-9-13-21)18(24)16-5-3-15(14-19)4-6-16/h3-6,20H,2,7-13H2,1H3. The third-order valence-corrected chi connectivity index (χ3v) is 4.11. The van der Waals surface area contributed by atoms with Gasteiger partial charge in [-0.05, 0) is 30.7 Å². The number of amides is 2. The van der Waals surface area contributed by atoms with Crippen molar-refractivity contribution < 1.29 is 9.59 Å². The Bertz CT molecular complexity index is 600. The summed E-state index contributed by atoms with van der Waals surface area (Å²) in [5.74, 6) is 0.0136. The minimum atomic E-state index is -0.0885. The average molecular weight is 328 g/mol. The van der Waals surface area contributed by atoms with Crippen LogP contribution >= 0.6 is 0 Å². The van der Waals surface area contributed by atoms with Gasteiger partial charge in [0.15, 0.2) is 0 Å². The van der Waals surface area contributed by atoms with Gasteiger partial charge < -0.3 is 15.1 Å². The summed E-state index contributed by atoms with van der Waals surface area (Å²) in [4.78, 5) is 28.5. The van der Waals surface area contributed by atoms with Crippen LogP contribution < -0.4 is 5.32 Å². The molecule has 1 heterocycles. The number of hydrogen-bond acceptors (Lipinski definition) is 4. The fourth-order valence-corrected chi connectivity index (χ4v) is 2.76. The smallest absolute Gasteiger partial charge is 0.253 e. The molecule has 0 radical (unpaired) electrons. The molecule has 6 nitrogen and oxygen atoms in total. The summed E-state index contributed by atoms with van der Waals surface area (Å²) in [5, 5.41) is 12.1.